The number of carboxylic acid groups (broad SMARTS) is 2. The van der Waals surface area contributed by atoms with Gasteiger partial charge in [-0.3, -0.25) is 9.59 Å². The van der Waals surface area contributed by atoms with E-state index in [9.17, 15) is 39.0 Å². The summed E-state index contributed by atoms with van der Waals surface area (Å²) in [6.45, 7) is 10.0. The molecular formula is C68H76O17SSi. The average Bonchev–Trinajstić information content (AvgIpc) is 1.57. The first-order valence-electron chi connectivity index (χ1n) is 28.9. The minimum absolute atomic E-state index is 0.0385. The standard InChI is InChI=1S/C68H76O17SSi/c1-9-62(69)84-53(43-83-67(76)59-39-47(23-33-57(59)66(74)75)46-22-32-56(65(72)73)58(38-46)64(71)44(2)3)42-82-51-30-26-49(27-31-51)68(60-20-14-12-18-54(60)55-19-13-15-21-61(55)68)48-24-28-50(29-25-48)81-41-52(40-80-45(4)5)85-63(70)34-36-86-35-16-10-11-17-37-87(77-6,78-7)79-8/h9,12-15,18-33,38-39,44-45,52-53H,1,10-11,16-17,34-37,40-43H2,2-8H3,(H,72,73)(H,74,75). The largest absolute Gasteiger partial charge is 0.500 e. The lowest BCUT2D eigenvalue weighted by molar-refractivity contribution is -0.154. The molecule has 0 saturated carbocycles. The lowest BCUT2D eigenvalue weighted by Gasteiger charge is -2.34. The van der Waals surface area contributed by atoms with E-state index in [4.69, 9.17) is 41.7 Å². The molecule has 17 nitrogen and oxygen atoms in total. The number of hydrogen-bond donors (Lipinski definition) is 2. The summed E-state index contributed by atoms with van der Waals surface area (Å²) in [6, 6.07) is 40.8. The van der Waals surface area contributed by atoms with Crippen LogP contribution in [0.4, 0.5) is 0 Å². The van der Waals surface area contributed by atoms with Crippen molar-refractivity contribution in [1.82, 2.24) is 0 Å². The van der Waals surface area contributed by atoms with Crippen LogP contribution in [0, 0.1) is 5.92 Å². The minimum Gasteiger partial charge on any atom is -0.490 e. The first kappa shape index (κ1) is 66.6. The average molecular weight is 1230 g/mol. The molecule has 2 unspecified atom stereocenters. The highest BCUT2D eigenvalue weighted by Gasteiger charge is 2.46. The number of esters is 3. The number of hydrogen-bond acceptors (Lipinski definition) is 16. The van der Waals surface area contributed by atoms with E-state index in [2.05, 4.69) is 30.8 Å². The van der Waals surface area contributed by atoms with Crippen molar-refractivity contribution in [2.45, 2.75) is 89.6 Å². The number of carboxylic acids is 2. The lowest BCUT2D eigenvalue weighted by Crippen LogP contribution is -2.42. The summed E-state index contributed by atoms with van der Waals surface area (Å²) < 4.78 is 52.1. The first-order chi connectivity index (χ1) is 41.9. The molecule has 87 heavy (non-hydrogen) atoms. The van der Waals surface area contributed by atoms with Crippen LogP contribution in [0.15, 0.2) is 146 Å². The van der Waals surface area contributed by atoms with Gasteiger partial charge in [-0.05, 0) is 125 Å². The number of unbranched alkanes of at least 4 members (excludes halogenated alkanes) is 3. The van der Waals surface area contributed by atoms with Crippen LogP contribution in [0.2, 0.25) is 6.04 Å². The Bertz CT molecular complexity index is 3300. The van der Waals surface area contributed by atoms with Gasteiger partial charge in [-0.25, -0.2) is 19.2 Å². The fourth-order valence-corrected chi connectivity index (χ4v) is 13.2. The zero-order valence-corrected chi connectivity index (χ0v) is 52.0. The van der Waals surface area contributed by atoms with E-state index in [1.54, 1.807) is 59.1 Å². The molecule has 460 valence electrons. The van der Waals surface area contributed by atoms with Crippen molar-refractivity contribution in [3.05, 3.63) is 191 Å². The van der Waals surface area contributed by atoms with Crippen molar-refractivity contribution in [1.29, 1.82) is 0 Å². The van der Waals surface area contributed by atoms with Crippen molar-refractivity contribution in [3.63, 3.8) is 0 Å². The summed E-state index contributed by atoms with van der Waals surface area (Å²) in [5.41, 5.74) is 5.03. The van der Waals surface area contributed by atoms with Crippen molar-refractivity contribution in [2.75, 3.05) is 59.3 Å². The van der Waals surface area contributed by atoms with E-state index in [0.29, 0.717) is 28.4 Å². The Morgan fingerprint density at radius 1 is 0.575 bits per heavy atom. The predicted octanol–water partition coefficient (Wildman–Crippen LogP) is 12.6. The molecule has 0 spiro atoms. The number of rotatable bonds is 35. The molecule has 0 aliphatic heterocycles. The molecule has 0 saturated heterocycles. The molecular weight excluding hydrogens is 1150 g/mol. The van der Waals surface area contributed by atoms with E-state index in [0.717, 1.165) is 76.9 Å². The molecule has 0 heterocycles. The third kappa shape index (κ3) is 16.8. The van der Waals surface area contributed by atoms with Gasteiger partial charge in [0.15, 0.2) is 18.0 Å². The highest BCUT2D eigenvalue weighted by Crippen LogP contribution is 2.56. The number of carbonyl (C=O) groups excluding carboxylic acids is 4. The molecule has 1 aliphatic rings. The van der Waals surface area contributed by atoms with Gasteiger partial charge in [0, 0.05) is 50.7 Å². The molecule has 2 N–H and O–H groups in total. The van der Waals surface area contributed by atoms with Crippen LogP contribution >= 0.6 is 11.8 Å². The number of benzene rings is 6. The topological polar surface area (TPSA) is 226 Å². The second-order valence-electron chi connectivity index (χ2n) is 21.3. The van der Waals surface area contributed by atoms with E-state index in [-0.39, 0.29) is 60.6 Å². The van der Waals surface area contributed by atoms with Crippen LogP contribution in [0.1, 0.15) is 123 Å². The Hall–Kier alpha value is -7.91. The number of ether oxygens (including phenoxy) is 6. The summed E-state index contributed by atoms with van der Waals surface area (Å²) >= 11 is 1.73. The van der Waals surface area contributed by atoms with Gasteiger partial charge in [-0.1, -0.05) is 118 Å². The van der Waals surface area contributed by atoms with E-state index >= 15 is 0 Å². The first-order valence-corrected chi connectivity index (χ1v) is 32.0. The highest BCUT2D eigenvalue weighted by atomic mass is 32.2. The Morgan fingerprint density at radius 2 is 1.08 bits per heavy atom. The second-order valence-corrected chi connectivity index (χ2v) is 25.7. The summed E-state index contributed by atoms with van der Waals surface area (Å²) in [6.07, 6.45) is 3.43. The molecule has 1 aliphatic carbocycles. The zero-order valence-electron chi connectivity index (χ0n) is 50.2. The molecule has 7 rings (SSSR count). The van der Waals surface area contributed by atoms with Crippen LogP contribution in [0.25, 0.3) is 22.3 Å². The third-order valence-electron chi connectivity index (χ3n) is 14.9. The fourth-order valence-electron chi connectivity index (χ4n) is 10.5. The Kier molecular flexibility index (Phi) is 24.2. The highest BCUT2D eigenvalue weighted by molar-refractivity contribution is 7.99. The van der Waals surface area contributed by atoms with Gasteiger partial charge in [-0.15, -0.1) is 0 Å². The van der Waals surface area contributed by atoms with E-state index < -0.39 is 68.6 Å². The molecule has 19 heteroatoms. The van der Waals surface area contributed by atoms with Crippen molar-refractivity contribution in [2.24, 2.45) is 5.92 Å². The summed E-state index contributed by atoms with van der Waals surface area (Å²) in [5.74, 6) is -3.28. The Balaban J connectivity index is 1.03. The second kappa shape index (κ2) is 31.6. The monoisotopic (exact) mass is 1220 g/mol. The van der Waals surface area contributed by atoms with Crippen molar-refractivity contribution in [3.8, 4) is 33.8 Å². The summed E-state index contributed by atoms with van der Waals surface area (Å²) in [7, 11) is 2.34. The van der Waals surface area contributed by atoms with Crippen LogP contribution in [0.5, 0.6) is 11.5 Å². The van der Waals surface area contributed by atoms with Gasteiger partial charge in [0.05, 0.1) is 41.2 Å². The third-order valence-corrected chi connectivity index (χ3v) is 18.8. The predicted molar refractivity (Wildman–Crippen MR) is 333 cm³/mol. The maximum absolute atomic E-state index is 13.8. The molecule has 6 aromatic carbocycles. The number of carbonyl (C=O) groups is 6. The summed E-state index contributed by atoms with van der Waals surface area (Å²) in [5, 5.41) is 19.9. The minimum atomic E-state index is -2.55. The maximum atomic E-state index is 13.8. The molecule has 0 amide bonds. The lowest BCUT2D eigenvalue weighted by atomic mass is 9.68. The SMILES string of the molecule is C=CC(=O)OC(COC(=O)c1cc(-c2ccc(C(=O)O)c(C(=O)C(C)C)c2)ccc1C(=O)O)COc1ccc(C2(c3ccc(OCC(COC(C)C)OC(=O)CCSCCCCCC[Si](OC)(OC)OC)cc3)c3ccccc3-c3ccccc32)cc1. The number of thioether (sulfide) groups is 1. The van der Waals surface area contributed by atoms with E-state index in [1.165, 1.54) is 36.4 Å². The smallest absolute Gasteiger partial charge is 0.490 e. The summed E-state index contributed by atoms with van der Waals surface area (Å²) in [4.78, 5) is 76.9. The normalized spacial score (nSPS) is 13.0. The van der Waals surface area contributed by atoms with Gasteiger partial charge < -0.3 is 51.9 Å². The van der Waals surface area contributed by atoms with Crippen molar-refractivity contribution < 1.29 is 80.7 Å². The number of fused-ring (bicyclic) bond motifs is 3. The van der Waals surface area contributed by atoms with Gasteiger partial charge in [-0.2, -0.15) is 11.8 Å². The van der Waals surface area contributed by atoms with E-state index in [1.807, 2.05) is 74.5 Å². The molecule has 0 bridgehead atoms. The van der Waals surface area contributed by atoms with Gasteiger partial charge >= 0.3 is 38.7 Å². The van der Waals surface area contributed by atoms with Crippen LogP contribution in [-0.2, 0) is 47.2 Å². The molecule has 2 atom stereocenters. The number of aromatic carboxylic acids is 2. The Morgan fingerprint density at radius 3 is 1.59 bits per heavy atom. The number of ketones is 1. The zero-order chi connectivity index (χ0) is 62.7. The quantitative estimate of drug-likeness (QED) is 0.00940. The van der Waals surface area contributed by atoms with Gasteiger partial charge in [0.25, 0.3) is 0 Å². The molecule has 0 radical (unpaired) electrons. The van der Waals surface area contributed by atoms with Crippen LogP contribution in [0.3, 0.4) is 0 Å². The fraction of sp³-hybridized carbons (Fsp3) is 0.353. The molecule has 6 aromatic rings. The van der Waals surface area contributed by atoms with Crippen LogP contribution in [-0.4, -0.2) is 132 Å². The molecule has 0 fully saturated rings. The van der Waals surface area contributed by atoms with Crippen LogP contribution < -0.4 is 9.47 Å². The van der Waals surface area contributed by atoms with Gasteiger partial charge in [0.2, 0.25) is 0 Å². The van der Waals surface area contributed by atoms with Gasteiger partial charge in [0.1, 0.15) is 31.3 Å². The Labute approximate surface area is 513 Å². The molecule has 0 aromatic heterocycles. The maximum Gasteiger partial charge on any atom is 0.500 e. The van der Waals surface area contributed by atoms with Crippen molar-refractivity contribution >= 4 is 56.2 Å². The number of Topliss-reactive ketones (excluding diaryl/α,β-unsaturated/α-hetero) is 1.